The van der Waals surface area contributed by atoms with Crippen LogP contribution in [0.3, 0.4) is 0 Å². The fraction of sp³-hybridized carbons (Fsp3) is 0.273. The van der Waals surface area contributed by atoms with Crippen LogP contribution in [0.4, 0.5) is 0 Å². The summed E-state index contributed by atoms with van der Waals surface area (Å²) in [5.41, 5.74) is 2.22. The van der Waals surface area contributed by atoms with Crippen LogP contribution in [0.5, 0.6) is 0 Å². The quantitative estimate of drug-likeness (QED) is 0.824. The molecule has 0 aliphatic rings. The second-order valence-corrected chi connectivity index (χ2v) is 3.41. The van der Waals surface area contributed by atoms with Gasteiger partial charge in [0.1, 0.15) is 6.33 Å². The first kappa shape index (κ1) is 9.86. The van der Waals surface area contributed by atoms with Crippen molar-refractivity contribution in [1.82, 2.24) is 15.3 Å². The van der Waals surface area contributed by atoms with Crippen molar-refractivity contribution in [1.29, 1.82) is 0 Å². The first-order valence-corrected chi connectivity index (χ1v) is 4.85. The van der Waals surface area contributed by atoms with Crippen molar-refractivity contribution >= 4 is 0 Å². The van der Waals surface area contributed by atoms with E-state index in [0.717, 1.165) is 17.7 Å². The Bertz CT molecular complexity index is 385. The standard InChI is InChI=1S/C11H13N3O/c1-9(11-2-3-15-7-11)14-6-10-4-12-8-13-5-10/h2-5,7-9,14H,6H2,1H3. The van der Waals surface area contributed by atoms with Gasteiger partial charge in [0, 0.05) is 36.1 Å². The zero-order valence-electron chi connectivity index (χ0n) is 8.55. The minimum absolute atomic E-state index is 0.268. The fourth-order valence-electron chi connectivity index (χ4n) is 1.33. The molecule has 1 unspecified atom stereocenters. The first-order valence-electron chi connectivity index (χ1n) is 4.85. The van der Waals surface area contributed by atoms with E-state index in [9.17, 15) is 0 Å². The van der Waals surface area contributed by atoms with E-state index in [1.807, 2.05) is 18.5 Å². The molecule has 0 radical (unpaired) electrons. The van der Waals surface area contributed by atoms with Gasteiger partial charge in [0.05, 0.1) is 12.5 Å². The van der Waals surface area contributed by atoms with Crippen molar-refractivity contribution in [2.75, 3.05) is 0 Å². The molecule has 4 heteroatoms. The minimum atomic E-state index is 0.268. The summed E-state index contributed by atoms with van der Waals surface area (Å²) in [5, 5.41) is 3.36. The number of rotatable bonds is 4. The highest BCUT2D eigenvalue weighted by atomic mass is 16.3. The molecule has 2 rings (SSSR count). The molecule has 0 bridgehead atoms. The second-order valence-electron chi connectivity index (χ2n) is 3.41. The van der Waals surface area contributed by atoms with Crippen LogP contribution in [-0.2, 0) is 6.54 Å². The molecular formula is C11H13N3O. The Labute approximate surface area is 88.4 Å². The van der Waals surface area contributed by atoms with Crippen LogP contribution in [-0.4, -0.2) is 9.97 Å². The van der Waals surface area contributed by atoms with Crippen LogP contribution in [0, 0.1) is 0 Å². The molecule has 0 saturated heterocycles. The van der Waals surface area contributed by atoms with Gasteiger partial charge in [0.15, 0.2) is 0 Å². The average Bonchev–Trinajstić information content (AvgIpc) is 2.81. The van der Waals surface area contributed by atoms with Crippen molar-refractivity contribution in [2.24, 2.45) is 0 Å². The lowest BCUT2D eigenvalue weighted by molar-refractivity contribution is 0.538. The van der Waals surface area contributed by atoms with Crippen LogP contribution in [0.2, 0.25) is 0 Å². The molecule has 15 heavy (non-hydrogen) atoms. The maximum atomic E-state index is 5.02. The van der Waals surface area contributed by atoms with E-state index in [2.05, 4.69) is 22.2 Å². The van der Waals surface area contributed by atoms with Crippen LogP contribution >= 0.6 is 0 Å². The lowest BCUT2D eigenvalue weighted by Gasteiger charge is -2.11. The topological polar surface area (TPSA) is 51.0 Å². The van der Waals surface area contributed by atoms with Crippen molar-refractivity contribution < 1.29 is 4.42 Å². The van der Waals surface area contributed by atoms with Gasteiger partial charge < -0.3 is 9.73 Å². The van der Waals surface area contributed by atoms with Crippen molar-refractivity contribution in [3.05, 3.63) is 48.4 Å². The Morgan fingerprint density at radius 1 is 1.40 bits per heavy atom. The molecule has 0 fully saturated rings. The summed E-state index contributed by atoms with van der Waals surface area (Å²) in [6.07, 6.45) is 8.57. The van der Waals surface area contributed by atoms with Crippen molar-refractivity contribution in [3.63, 3.8) is 0 Å². The molecule has 1 atom stereocenters. The van der Waals surface area contributed by atoms with E-state index in [0.29, 0.717) is 0 Å². The van der Waals surface area contributed by atoms with Gasteiger partial charge in [-0.1, -0.05) is 0 Å². The van der Waals surface area contributed by atoms with E-state index in [4.69, 9.17) is 4.42 Å². The molecule has 0 amide bonds. The van der Waals surface area contributed by atoms with Gasteiger partial charge in [-0.15, -0.1) is 0 Å². The fourth-order valence-corrected chi connectivity index (χ4v) is 1.33. The molecule has 0 aliphatic carbocycles. The van der Waals surface area contributed by atoms with Gasteiger partial charge in [-0.05, 0) is 13.0 Å². The molecule has 4 nitrogen and oxygen atoms in total. The Hall–Kier alpha value is -1.68. The monoisotopic (exact) mass is 203 g/mol. The van der Waals surface area contributed by atoms with E-state index in [1.165, 1.54) is 6.33 Å². The summed E-state index contributed by atoms with van der Waals surface area (Å²) in [5.74, 6) is 0. The minimum Gasteiger partial charge on any atom is -0.472 e. The zero-order valence-corrected chi connectivity index (χ0v) is 8.55. The van der Waals surface area contributed by atoms with E-state index in [1.54, 1.807) is 12.5 Å². The van der Waals surface area contributed by atoms with Crippen LogP contribution in [0.15, 0.2) is 41.7 Å². The Morgan fingerprint density at radius 3 is 2.87 bits per heavy atom. The number of hydrogen-bond donors (Lipinski definition) is 1. The highest BCUT2D eigenvalue weighted by Gasteiger charge is 2.05. The van der Waals surface area contributed by atoms with Gasteiger partial charge in [-0.2, -0.15) is 0 Å². The second kappa shape index (κ2) is 4.70. The summed E-state index contributed by atoms with van der Waals surface area (Å²) >= 11 is 0. The Kier molecular flexibility index (Phi) is 3.09. The highest BCUT2D eigenvalue weighted by molar-refractivity contribution is 5.11. The third-order valence-electron chi connectivity index (χ3n) is 2.27. The van der Waals surface area contributed by atoms with Gasteiger partial charge in [-0.25, -0.2) is 9.97 Å². The zero-order chi connectivity index (χ0) is 10.5. The number of nitrogens with zero attached hydrogens (tertiary/aromatic N) is 2. The van der Waals surface area contributed by atoms with Crippen LogP contribution in [0.25, 0.3) is 0 Å². The van der Waals surface area contributed by atoms with Crippen molar-refractivity contribution in [3.8, 4) is 0 Å². The molecule has 1 N–H and O–H groups in total. The summed E-state index contributed by atoms with van der Waals surface area (Å²) in [7, 11) is 0. The molecule has 2 aromatic heterocycles. The number of nitrogens with one attached hydrogen (secondary N) is 1. The van der Waals surface area contributed by atoms with Gasteiger partial charge >= 0.3 is 0 Å². The van der Waals surface area contributed by atoms with Crippen LogP contribution in [0.1, 0.15) is 24.1 Å². The maximum absolute atomic E-state index is 5.02. The molecule has 0 aromatic carbocycles. The summed E-state index contributed by atoms with van der Waals surface area (Å²) in [6, 6.07) is 2.23. The maximum Gasteiger partial charge on any atom is 0.115 e. The number of furan rings is 1. The molecule has 0 saturated carbocycles. The van der Waals surface area contributed by atoms with Gasteiger partial charge in [0.2, 0.25) is 0 Å². The lowest BCUT2D eigenvalue weighted by Crippen LogP contribution is -2.17. The summed E-state index contributed by atoms with van der Waals surface area (Å²) < 4.78 is 5.02. The summed E-state index contributed by atoms with van der Waals surface area (Å²) in [6.45, 7) is 2.85. The molecule has 78 valence electrons. The van der Waals surface area contributed by atoms with Crippen molar-refractivity contribution in [2.45, 2.75) is 19.5 Å². The highest BCUT2D eigenvalue weighted by Crippen LogP contribution is 2.12. The molecular weight excluding hydrogens is 190 g/mol. The third kappa shape index (κ3) is 2.63. The lowest BCUT2D eigenvalue weighted by atomic mass is 10.2. The largest absolute Gasteiger partial charge is 0.472 e. The van der Waals surface area contributed by atoms with Gasteiger partial charge in [0.25, 0.3) is 0 Å². The van der Waals surface area contributed by atoms with E-state index >= 15 is 0 Å². The molecule has 2 heterocycles. The molecule has 0 aliphatic heterocycles. The number of aromatic nitrogens is 2. The number of hydrogen-bond acceptors (Lipinski definition) is 4. The first-order chi connectivity index (χ1) is 7.36. The molecule has 0 spiro atoms. The average molecular weight is 203 g/mol. The van der Waals surface area contributed by atoms with E-state index < -0.39 is 0 Å². The predicted molar refractivity (Wildman–Crippen MR) is 56.0 cm³/mol. The third-order valence-corrected chi connectivity index (χ3v) is 2.27. The normalized spacial score (nSPS) is 12.6. The predicted octanol–water partition coefficient (Wildman–Crippen LogP) is 1.92. The van der Waals surface area contributed by atoms with Crippen LogP contribution < -0.4 is 5.32 Å². The molecule has 2 aromatic rings. The van der Waals surface area contributed by atoms with Gasteiger partial charge in [-0.3, -0.25) is 0 Å². The SMILES string of the molecule is CC(NCc1cncnc1)c1ccoc1. The Balaban J connectivity index is 1.89. The summed E-state index contributed by atoms with van der Waals surface area (Å²) in [4.78, 5) is 7.91. The van der Waals surface area contributed by atoms with E-state index in [-0.39, 0.29) is 6.04 Å². The Morgan fingerprint density at radius 2 is 2.20 bits per heavy atom. The smallest absolute Gasteiger partial charge is 0.115 e.